The third-order valence-electron chi connectivity index (χ3n) is 2.97. The molecule has 0 amide bonds. The summed E-state index contributed by atoms with van der Waals surface area (Å²) in [6.07, 6.45) is -4.62. The minimum absolute atomic E-state index is 0.0213. The Morgan fingerprint density at radius 3 is 0.490 bits per heavy atom. The lowest BCUT2D eigenvalue weighted by atomic mass is 10.3. The fourth-order valence-electron chi connectivity index (χ4n) is 0.815. The van der Waals surface area contributed by atoms with Crippen molar-refractivity contribution in [1.82, 2.24) is 19.6 Å². The van der Waals surface area contributed by atoms with Gasteiger partial charge in [0.1, 0.15) is 13.6 Å². The maximum atomic E-state index is 12.3. The van der Waals surface area contributed by atoms with Gasteiger partial charge in [0, 0.05) is 0 Å². The molecule has 0 atom stereocenters. The van der Waals surface area contributed by atoms with Crippen LogP contribution in [-0.2, 0) is 0 Å². The Morgan fingerprint density at radius 2 is 0.469 bits per heavy atom. The molecule has 314 valence electrons. The molecule has 0 aliphatic carbocycles. The Balaban J connectivity index is -0.0000000465. The van der Waals surface area contributed by atoms with Gasteiger partial charge in [-0.3, -0.25) is 27.4 Å². The van der Waals surface area contributed by atoms with E-state index >= 15 is 0 Å². The zero-order valence-electron chi connectivity index (χ0n) is 28.8. The van der Waals surface area contributed by atoms with Crippen molar-refractivity contribution in [2.75, 3.05) is 126 Å². The first-order valence-corrected chi connectivity index (χ1v) is 11.7. The topological polar surface area (TPSA) is 13.0 Å². The van der Waals surface area contributed by atoms with Gasteiger partial charge in [-0.2, -0.15) is 48.3 Å². The van der Waals surface area contributed by atoms with Gasteiger partial charge in [0.05, 0.1) is 28.7 Å². The molecule has 0 saturated carbocycles. The highest BCUT2D eigenvalue weighted by Crippen LogP contribution is 2.36. The zero-order chi connectivity index (χ0) is 43.1. The summed E-state index contributed by atoms with van der Waals surface area (Å²) >= 11 is 0. The van der Waals surface area contributed by atoms with Crippen molar-refractivity contribution in [2.24, 2.45) is 0 Å². The Hall–Kier alpha value is -1.70. The molecule has 0 unspecified atom stereocenters. The van der Waals surface area contributed by atoms with Crippen LogP contribution in [-0.4, -0.2) is 175 Å². The molecule has 26 heteroatoms. The fraction of sp³-hybridized carbons (Fsp3) is 1.00. The average molecular weight is 799 g/mol. The molecule has 49 heavy (non-hydrogen) atoms. The minimum Gasteiger partial charge on any atom is -0.283 e. The van der Waals surface area contributed by atoms with E-state index in [-0.39, 0.29) is 23.4 Å². The van der Waals surface area contributed by atoms with Gasteiger partial charge in [0.15, 0.2) is 20.0 Å². The number of nitrogens with zero attached hydrogens (tertiary/aromatic N) is 4. The van der Waals surface area contributed by atoms with E-state index in [1.54, 1.807) is 28.2 Å². The lowest BCUT2D eigenvalue weighted by Gasteiger charge is -2.29. The van der Waals surface area contributed by atoms with Crippen LogP contribution in [0.1, 0.15) is 0 Å². The Morgan fingerprint density at radius 1 is 0.347 bits per heavy atom. The molecule has 0 bridgehead atoms. The van der Waals surface area contributed by atoms with Gasteiger partial charge in [0.2, 0.25) is 6.93 Å². The van der Waals surface area contributed by atoms with Gasteiger partial charge >= 0.3 is 30.1 Å². The van der Waals surface area contributed by atoms with Crippen LogP contribution in [0.25, 0.3) is 0 Å². The molecule has 0 rings (SSSR count). The van der Waals surface area contributed by atoms with E-state index < -0.39 is 57.1 Å². The lowest BCUT2D eigenvalue weighted by molar-refractivity contribution is -0.277. The molecule has 0 aliphatic heterocycles. The second kappa shape index (κ2) is 44.3. The molecule has 0 N–H and O–H groups in total. The molecule has 0 aromatic rings. The van der Waals surface area contributed by atoms with Gasteiger partial charge in [0.25, 0.3) is 0 Å². The monoisotopic (exact) mass is 798 g/mol. The molecule has 0 aromatic carbocycles. The summed E-state index contributed by atoms with van der Waals surface area (Å²) in [5.41, 5.74) is 0. The summed E-state index contributed by atoms with van der Waals surface area (Å²) in [7, 11) is 11.7. The molecule has 0 aliphatic rings. The summed E-state index contributed by atoms with van der Waals surface area (Å²) in [6.45, 7) is -9.43. The van der Waals surface area contributed by atoms with Crippen molar-refractivity contribution in [3.8, 4) is 0 Å². The van der Waals surface area contributed by atoms with E-state index in [9.17, 15) is 96.6 Å². The molecule has 0 fully saturated rings. The van der Waals surface area contributed by atoms with Gasteiger partial charge in [-0.25, -0.2) is 40.5 Å². The zero-order valence-corrected chi connectivity index (χ0v) is 28.8. The van der Waals surface area contributed by atoms with Crippen LogP contribution in [0.3, 0.4) is 0 Å². The first kappa shape index (κ1) is 72.9. The molecule has 0 saturated heterocycles. The first-order valence-electron chi connectivity index (χ1n) is 11.7. The van der Waals surface area contributed by atoms with E-state index in [0.717, 1.165) is 28.2 Å². The van der Waals surface area contributed by atoms with E-state index in [2.05, 4.69) is 0 Å². The Labute approximate surface area is 273 Å². The molecule has 4 nitrogen and oxygen atoms in total. The van der Waals surface area contributed by atoms with E-state index in [0.29, 0.717) is 28.7 Å². The van der Waals surface area contributed by atoms with E-state index in [1.165, 1.54) is 9.80 Å². The molecule has 0 spiro atoms. The Kier molecular flexibility index (Phi) is 65.9. The van der Waals surface area contributed by atoms with E-state index in [4.69, 9.17) is 0 Å². The van der Waals surface area contributed by atoms with Crippen LogP contribution >= 0.6 is 0 Å². The highest BCUT2D eigenvalue weighted by Gasteiger charge is 2.59. The maximum Gasteiger partial charge on any atom is 0.416 e. The van der Waals surface area contributed by atoms with Gasteiger partial charge in [-0.1, -0.05) is 0 Å². The van der Waals surface area contributed by atoms with Gasteiger partial charge in [-0.05, 0) is 56.4 Å². The quantitative estimate of drug-likeness (QED) is 0.180. The van der Waals surface area contributed by atoms with Crippen LogP contribution in [0.5, 0.6) is 0 Å². The minimum atomic E-state index is -4.62. The Bertz CT molecular complexity index is 528. The van der Waals surface area contributed by atoms with Crippen LogP contribution in [0, 0.1) is 0 Å². The largest absolute Gasteiger partial charge is 0.416 e. The van der Waals surface area contributed by atoms with Crippen molar-refractivity contribution in [2.45, 2.75) is 30.1 Å². The van der Waals surface area contributed by atoms with Crippen LogP contribution in [0.2, 0.25) is 0 Å². The number of alkyl halides is 22. The van der Waals surface area contributed by atoms with Crippen molar-refractivity contribution in [1.29, 1.82) is 0 Å². The van der Waals surface area contributed by atoms with E-state index in [1.807, 2.05) is 0 Å². The summed E-state index contributed by atoms with van der Waals surface area (Å²) in [6, 6.07) is -8.86. The predicted molar refractivity (Wildman–Crippen MR) is 146 cm³/mol. The number of halogens is 22. The molecular weight excluding hydrogens is 750 g/mol. The lowest BCUT2D eigenvalue weighted by Crippen LogP contribution is -2.52. The van der Waals surface area contributed by atoms with Crippen LogP contribution in [0.15, 0.2) is 0 Å². The molecule has 0 aromatic heterocycles. The van der Waals surface area contributed by atoms with Crippen LogP contribution in [0.4, 0.5) is 96.6 Å². The predicted octanol–water partition coefficient (Wildman–Crippen LogP) is 9.19. The molecule has 0 radical (unpaired) electrons. The first-order chi connectivity index (χ1) is 22.0. The fourth-order valence-corrected chi connectivity index (χ4v) is 0.815. The number of hydrogen-bond donors (Lipinski definition) is 0. The average Bonchev–Trinajstić information content (AvgIpc) is 3.05. The SMILES string of the molecule is CF.CF.CF.CF.CN(C)C(F)(F)C(F)(F)CF.CN(C)C(F)(F)C(F)(F)CF.CN(C)CF.CN(C)CF.FCC(F)(F)F.FCF. The van der Waals surface area contributed by atoms with Crippen molar-refractivity contribution in [3.63, 3.8) is 0 Å². The highest BCUT2D eigenvalue weighted by molar-refractivity contribution is 4.82. The molecule has 0 heterocycles. The second-order valence-electron chi connectivity index (χ2n) is 7.80. The number of rotatable bonds is 8. The summed E-state index contributed by atoms with van der Waals surface area (Å²) < 4.78 is 241. The summed E-state index contributed by atoms with van der Waals surface area (Å²) in [5.74, 6) is -9.23. The maximum absolute atomic E-state index is 12.3. The van der Waals surface area contributed by atoms with Crippen molar-refractivity contribution >= 4 is 0 Å². The van der Waals surface area contributed by atoms with Gasteiger partial charge in [-0.15, -0.1) is 0 Å². The third-order valence-corrected chi connectivity index (χ3v) is 2.97. The second-order valence-corrected chi connectivity index (χ2v) is 7.80. The van der Waals surface area contributed by atoms with Gasteiger partial charge < -0.3 is 0 Å². The standard InChI is InChI=1S/2C5H8F5N.2C3H8FN.C2H2F4.CH2F2.4CH3F/c2*1-11(2)5(9,10)4(7,8)3-6;2*1-5(2)3-4;3-1-2(4,5)6;2-1-3;4*1-2/h2*3H2,1-2H3;2*3H2,1-2H3;1H2;1H2;4*1H3. The number of hydrogen-bond acceptors (Lipinski definition) is 4. The highest BCUT2D eigenvalue weighted by atomic mass is 19.4. The normalized spacial score (nSPS) is 10.7. The molecular formula is C23H48F22N4. The smallest absolute Gasteiger partial charge is 0.283 e. The summed E-state index contributed by atoms with van der Waals surface area (Å²) in [5, 5.41) is 0. The van der Waals surface area contributed by atoms with Crippen LogP contribution < -0.4 is 0 Å². The van der Waals surface area contributed by atoms with Crippen molar-refractivity contribution < 1.29 is 96.6 Å². The third kappa shape index (κ3) is 53.3. The van der Waals surface area contributed by atoms with Crippen molar-refractivity contribution in [3.05, 3.63) is 0 Å². The summed E-state index contributed by atoms with van der Waals surface area (Å²) in [4.78, 5) is 2.87.